The molecular formula is C6H4N2O3. The van der Waals surface area contributed by atoms with Crippen molar-refractivity contribution in [2.24, 2.45) is 0 Å². The lowest BCUT2D eigenvalue weighted by atomic mass is 10.1. The van der Waals surface area contributed by atoms with Gasteiger partial charge < -0.3 is 10.3 Å². The molecule has 0 fully saturated rings. The number of hydrogen-bond acceptors (Lipinski definition) is 3. The summed E-state index contributed by atoms with van der Waals surface area (Å²) in [6.07, 6.45) is 1.25. The number of carbonyl (C=O) groups is 2. The number of rotatable bonds is 2. The van der Waals surface area contributed by atoms with E-state index >= 15 is 0 Å². The molecule has 56 valence electrons. The second kappa shape index (κ2) is 2.90. The summed E-state index contributed by atoms with van der Waals surface area (Å²) >= 11 is 0. The van der Waals surface area contributed by atoms with Gasteiger partial charge in [-0.25, -0.2) is 0 Å². The van der Waals surface area contributed by atoms with Crippen LogP contribution in [0.4, 0.5) is 0 Å². The van der Waals surface area contributed by atoms with Crippen LogP contribution >= 0.6 is 0 Å². The Morgan fingerprint density at radius 1 is 1.82 bits per heavy atom. The molecule has 1 aliphatic rings. The van der Waals surface area contributed by atoms with Gasteiger partial charge in [-0.15, -0.1) is 0 Å². The van der Waals surface area contributed by atoms with E-state index in [1.165, 1.54) is 0 Å². The third kappa shape index (κ3) is 1.22. The first-order valence-electron chi connectivity index (χ1n) is 2.82. The fraction of sp³-hybridized carbons (Fsp3) is 0.167. The fourth-order valence-corrected chi connectivity index (χ4v) is 0.696. The molecule has 0 aliphatic carbocycles. The molecule has 0 saturated carbocycles. The maximum Gasteiger partial charge on any atom is 0.343 e. The predicted octanol–water partition coefficient (Wildman–Crippen LogP) is -0.661. The molecular weight excluding hydrogens is 148 g/mol. The smallest absolute Gasteiger partial charge is 0.343 e. The van der Waals surface area contributed by atoms with Gasteiger partial charge in [0.05, 0.1) is 0 Å². The molecule has 0 N–H and O–H groups in total. The molecule has 5 heteroatoms. The van der Waals surface area contributed by atoms with Crippen LogP contribution in [-0.4, -0.2) is 29.2 Å². The largest absolute Gasteiger partial charge is 0.488 e. The Morgan fingerprint density at radius 2 is 2.55 bits per heavy atom. The predicted molar refractivity (Wildman–Crippen MR) is 33.7 cm³/mol. The first kappa shape index (κ1) is 7.37. The van der Waals surface area contributed by atoms with Crippen LogP contribution in [0.5, 0.6) is 0 Å². The van der Waals surface area contributed by atoms with Gasteiger partial charge in [0.2, 0.25) is 5.78 Å². The van der Waals surface area contributed by atoms with E-state index in [0.717, 1.165) is 6.26 Å². The molecule has 1 aliphatic heterocycles. The van der Waals surface area contributed by atoms with E-state index < -0.39 is 5.78 Å². The quantitative estimate of drug-likeness (QED) is 0.228. The fourth-order valence-electron chi connectivity index (χ4n) is 0.696. The number of aldehydes is 1. The number of hydrogen-bond donors (Lipinski definition) is 0. The maximum absolute atomic E-state index is 10.7. The molecule has 0 atom stereocenters. The van der Waals surface area contributed by atoms with Crippen LogP contribution in [0.2, 0.25) is 0 Å². The number of ketones is 1. The molecule has 0 bridgehead atoms. The monoisotopic (exact) mass is 152 g/mol. The first-order valence-corrected chi connectivity index (χ1v) is 2.82. The van der Waals surface area contributed by atoms with E-state index in [2.05, 4.69) is 9.53 Å². The van der Waals surface area contributed by atoms with Crippen molar-refractivity contribution >= 4 is 17.8 Å². The SMILES string of the molecule is [N-]=[N+]=C1COC=C1C(=O)C=O. The highest BCUT2D eigenvalue weighted by Crippen LogP contribution is 2.05. The number of carbonyl (C=O) groups excluding carboxylic acids is 2. The first-order chi connectivity index (χ1) is 5.29. The second-order valence-corrected chi connectivity index (χ2v) is 1.87. The zero-order valence-electron chi connectivity index (χ0n) is 5.48. The van der Waals surface area contributed by atoms with Gasteiger partial charge in [-0.3, -0.25) is 9.59 Å². The van der Waals surface area contributed by atoms with Crippen LogP contribution in [0.15, 0.2) is 11.8 Å². The van der Waals surface area contributed by atoms with E-state index in [0.29, 0.717) is 0 Å². The number of ether oxygens (including phenoxy) is 1. The van der Waals surface area contributed by atoms with Gasteiger partial charge in [-0.2, -0.15) is 4.79 Å². The van der Waals surface area contributed by atoms with Crippen LogP contribution in [-0.2, 0) is 14.3 Å². The molecule has 0 unspecified atom stereocenters. The van der Waals surface area contributed by atoms with Gasteiger partial charge in [0.15, 0.2) is 12.9 Å². The third-order valence-corrected chi connectivity index (χ3v) is 1.23. The summed E-state index contributed by atoms with van der Waals surface area (Å²) in [7, 11) is 0. The summed E-state index contributed by atoms with van der Waals surface area (Å²) in [4.78, 5) is 23.4. The molecule has 0 aromatic heterocycles. The molecule has 0 spiro atoms. The van der Waals surface area contributed by atoms with Gasteiger partial charge >= 0.3 is 5.71 Å². The Morgan fingerprint density at radius 3 is 3.09 bits per heavy atom. The van der Waals surface area contributed by atoms with Crippen molar-refractivity contribution in [3.63, 3.8) is 0 Å². The normalized spacial score (nSPS) is 14.9. The summed E-state index contributed by atoms with van der Waals surface area (Å²) in [5.41, 5.74) is 8.38. The lowest BCUT2D eigenvalue weighted by molar-refractivity contribution is -0.127. The van der Waals surface area contributed by atoms with Gasteiger partial charge in [-0.1, -0.05) is 0 Å². The molecule has 5 nitrogen and oxygen atoms in total. The topological polar surface area (TPSA) is 79.8 Å². The van der Waals surface area contributed by atoms with Crippen molar-refractivity contribution in [3.05, 3.63) is 17.4 Å². The molecule has 0 saturated heterocycles. The van der Waals surface area contributed by atoms with E-state index in [1.807, 2.05) is 0 Å². The average molecular weight is 152 g/mol. The van der Waals surface area contributed by atoms with Crippen LogP contribution in [0.3, 0.4) is 0 Å². The van der Waals surface area contributed by atoms with E-state index in [1.54, 1.807) is 0 Å². The molecule has 1 rings (SSSR count). The minimum Gasteiger partial charge on any atom is -0.488 e. The van der Waals surface area contributed by atoms with Crippen LogP contribution < -0.4 is 0 Å². The summed E-state index contributed by atoms with van der Waals surface area (Å²) in [5.74, 6) is -0.740. The summed E-state index contributed by atoms with van der Waals surface area (Å²) in [6, 6.07) is 0. The maximum atomic E-state index is 10.7. The van der Waals surface area contributed by atoms with Gasteiger partial charge in [0.25, 0.3) is 0 Å². The molecule has 0 radical (unpaired) electrons. The molecule has 0 aromatic rings. The van der Waals surface area contributed by atoms with Crippen LogP contribution in [0, 0.1) is 0 Å². The zero-order valence-corrected chi connectivity index (χ0v) is 5.48. The Labute approximate surface area is 61.9 Å². The Kier molecular flexibility index (Phi) is 1.94. The summed E-state index contributed by atoms with van der Waals surface area (Å²) in [5, 5.41) is 0. The number of nitrogens with zero attached hydrogens (tertiary/aromatic N) is 2. The Hall–Kier alpha value is -1.74. The zero-order chi connectivity index (χ0) is 8.27. The van der Waals surface area contributed by atoms with Gasteiger partial charge in [0.1, 0.15) is 11.8 Å². The average Bonchev–Trinajstić information content (AvgIpc) is 2.50. The highest BCUT2D eigenvalue weighted by Gasteiger charge is 2.28. The van der Waals surface area contributed by atoms with E-state index in [9.17, 15) is 9.59 Å². The molecule has 1 heterocycles. The minimum absolute atomic E-state index is 0.0162. The molecule has 0 aromatic carbocycles. The minimum atomic E-state index is -0.740. The van der Waals surface area contributed by atoms with Gasteiger partial charge in [-0.05, 0) is 0 Å². The van der Waals surface area contributed by atoms with E-state index in [4.69, 9.17) is 5.53 Å². The third-order valence-electron chi connectivity index (χ3n) is 1.23. The van der Waals surface area contributed by atoms with Crippen molar-refractivity contribution < 1.29 is 19.1 Å². The second-order valence-electron chi connectivity index (χ2n) is 1.87. The molecule has 11 heavy (non-hydrogen) atoms. The summed E-state index contributed by atoms with van der Waals surface area (Å²) < 4.78 is 4.65. The van der Waals surface area contributed by atoms with Crippen molar-refractivity contribution in [2.75, 3.05) is 6.61 Å². The lowest BCUT2D eigenvalue weighted by Crippen LogP contribution is -2.13. The van der Waals surface area contributed by atoms with Crippen molar-refractivity contribution in [3.8, 4) is 0 Å². The molecule has 0 amide bonds. The van der Waals surface area contributed by atoms with Crippen LogP contribution in [0.25, 0.3) is 5.53 Å². The van der Waals surface area contributed by atoms with Crippen molar-refractivity contribution in [1.82, 2.24) is 0 Å². The summed E-state index contributed by atoms with van der Waals surface area (Å²) in [6.45, 7) is 0.0331. The van der Waals surface area contributed by atoms with E-state index in [-0.39, 0.29) is 24.2 Å². The van der Waals surface area contributed by atoms with Crippen molar-refractivity contribution in [2.45, 2.75) is 0 Å². The highest BCUT2D eigenvalue weighted by molar-refractivity contribution is 6.42. The Balaban J connectivity index is 2.96. The lowest BCUT2D eigenvalue weighted by Gasteiger charge is -1.81. The number of Topliss-reactive ketones (excluding diaryl/α,β-unsaturated/α-hetero) is 1. The van der Waals surface area contributed by atoms with Gasteiger partial charge in [0, 0.05) is 0 Å². The highest BCUT2D eigenvalue weighted by atomic mass is 16.5. The van der Waals surface area contributed by atoms with Crippen molar-refractivity contribution in [1.29, 1.82) is 0 Å². The van der Waals surface area contributed by atoms with Crippen LogP contribution in [0.1, 0.15) is 0 Å². The Bertz CT molecular complexity index is 286. The standard InChI is InChI=1S/C6H4N2O3/c7-8-5-3-11-2-4(5)6(10)1-9/h1-2H,3H2.